The van der Waals surface area contributed by atoms with Crippen molar-refractivity contribution >= 4 is 22.8 Å². The van der Waals surface area contributed by atoms with Crippen molar-refractivity contribution < 1.29 is 8.78 Å². The first kappa shape index (κ1) is 25.2. The topological polar surface area (TPSA) is 75.0 Å². The first-order valence-electron chi connectivity index (χ1n) is 12.5. The highest BCUT2D eigenvalue weighted by atomic mass is 19.1. The molecule has 1 fully saturated rings. The Labute approximate surface area is 215 Å². The number of rotatable bonds is 7. The SMILES string of the molecule is Cc1nc2c(F)cc(-c3nc(Nc4ccc(CN5CCC(N(C)C)C5)cn4)ncc3F)cc2n1C(C)C. The van der Waals surface area contributed by atoms with Gasteiger partial charge in [-0.15, -0.1) is 0 Å². The molecule has 4 heterocycles. The molecule has 37 heavy (non-hydrogen) atoms. The molecule has 0 aliphatic carbocycles. The third kappa shape index (κ3) is 5.17. The molecule has 3 aromatic heterocycles. The lowest BCUT2D eigenvalue weighted by Crippen LogP contribution is -2.31. The molecule has 1 N–H and O–H groups in total. The van der Waals surface area contributed by atoms with Gasteiger partial charge in [0.25, 0.3) is 0 Å². The van der Waals surface area contributed by atoms with E-state index in [1.54, 1.807) is 6.07 Å². The van der Waals surface area contributed by atoms with Gasteiger partial charge in [0, 0.05) is 43.5 Å². The van der Waals surface area contributed by atoms with Gasteiger partial charge in [-0.3, -0.25) is 4.90 Å². The fourth-order valence-corrected chi connectivity index (χ4v) is 5.03. The van der Waals surface area contributed by atoms with Gasteiger partial charge in [0.1, 0.15) is 22.9 Å². The number of halogens is 2. The van der Waals surface area contributed by atoms with Crippen LogP contribution in [0.4, 0.5) is 20.5 Å². The second kappa shape index (κ2) is 10.1. The summed E-state index contributed by atoms with van der Waals surface area (Å²) in [7, 11) is 4.24. The van der Waals surface area contributed by atoms with Crippen molar-refractivity contribution in [2.24, 2.45) is 0 Å². The van der Waals surface area contributed by atoms with Gasteiger partial charge in [-0.2, -0.15) is 0 Å². The molecule has 1 aromatic carbocycles. The van der Waals surface area contributed by atoms with Crippen LogP contribution in [-0.2, 0) is 6.54 Å². The fourth-order valence-electron chi connectivity index (χ4n) is 5.03. The smallest absolute Gasteiger partial charge is 0.229 e. The highest BCUT2D eigenvalue weighted by molar-refractivity contribution is 5.83. The van der Waals surface area contributed by atoms with Gasteiger partial charge in [-0.25, -0.2) is 28.7 Å². The minimum Gasteiger partial charge on any atom is -0.326 e. The summed E-state index contributed by atoms with van der Waals surface area (Å²) in [4.78, 5) is 22.0. The van der Waals surface area contributed by atoms with Gasteiger partial charge < -0.3 is 14.8 Å². The number of likely N-dealkylation sites (N-methyl/N-ethyl adjacent to an activating group) is 1. The van der Waals surface area contributed by atoms with E-state index in [1.807, 2.05) is 43.7 Å². The van der Waals surface area contributed by atoms with E-state index < -0.39 is 11.6 Å². The molecule has 1 aliphatic heterocycles. The van der Waals surface area contributed by atoms with Gasteiger partial charge in [-0.05, 0) is 65.0 Å². The molecule has 5 rings (SSSR count). The Morgan fingerprint density at radius 3 is 2.57 bits per heavy atom. The molecular formula is C27H32F2N8. The number of pyridine rings is 1. The summed E-state index contributed by atoms with van der Waals surface area (Å²) in [5.74, 6) is 0.266. The monoisotopic (exact) mass is 506 g/mol. The van der Waals surface area contributed by atoms with Gasteiger partial charge >= 0.3 is 0 Å². The van der Waals surface area contributed by atoms with Crippen LogP contribution in [0.3, 0.4) is 0 Å². The Morgan fingerprint density at radius 1 is 1.08 bits per heavy atom. The van der Waals surface area contributed by atoms with Crippen LogP contribution in [-0.4, -0.2) is 67.5 Å². The molecule has 0 radical (unpaired) electrons. The van der Waals surface area contributed by atoms with Gasteiger partial charge in [-0.1, -0.05) is 6.07 Å². The van der Waals surface area contributed by atoms with Crippen LogP contribution in [0.5, 0.6) is 0 Å². The average Bonchev–Trinajstić information content (AvgIpc) is 3.46. The Kier molecular flexibility index (Phi) is 6.87. The van der Waals surface area contributed by atoms with Crippen molar-refractivity contribution in [3.05, 3.63) is 59.7 Å². The number of nitrogens with zero attached hydrogens (tertiary/aromatic N) is 7. The molecule has 1 saturated heterocycles. The van der Waals surface area contributed by atoms with Crippen LogP contribution >= 0.6 is 0 Å². The van der Waals surface area contributed by atoms with E-state index in [0.717, 1.165) is 31.4 Å². The van der Waals surface area contributed by atoms with Gasteiger partial charge in [0.15, 0.2) is 11.6 Å². The standard InChI is InChI=1S/C27H32F2N8/c1-16(2)37-17(3)32-26-21(28)10-19(11-23(26)37)25-22(29)13-31-27(34-25)33-24-7-6-18(12-30-24)14-36-9-8-20(15-36)35(4)5/h6-7,10-13,16,20H,8-9,14-15H2,1-5H3,(H,30,31,33,34). The Hall–Kier alpha value is -3.50. The van der Waals surface area contributed by atoms with E-state index in [1.165, 1.54) is 12.5 Å². The number of fused-ring (bicyclic) bond motifs is 1. The minimum atomic E-state index is -0.637. The van der Waals surface area contributed by atoms with Crippen molar-refractivity contribution in [1.82, 2.24) is 34.3 Å². The van der Waals surface area contributed by atoms with Crippen molar-refractivity contribution in [2.45, 2.75) is 45.8 Å². The molecule has 0 amide bonds. The van der Waals surface area contributed by atoms with Crippen LogP contribution < -0.4 is 5.32 Å². The summed E-state index contributed by atoms with van der Waals surface area (Å²) in [5.41, 5.74) is 2.31. The van der Waals surface area contributed by atoms with Crippen molar-refractivity contribution in [2.75, 3.05) is 32.5 Å². The first-order chi connectivity index (χ1) is 17.7. The first-order valence-corrected chi connectivity index (χ1v) is 12.5. The number of hydrogen-bond donors (Lipinski definition) is 1. The summed E-state index contributed by atoms with van der Waals surface area (Å²) in [5, 5.41) is 3.04. The maximum absolute atomic E-state index is 14.9. The van der Waals surface area contributed by atoms with E-state index in [9.17, 15) is 8.78 Å². The molecule has 1 aliphatic rings. The number of nitrogens with one attached hydrogen (secondary N) is 1. The summed E-state index contributed by atoms with van der Waals surface area (Å²) in [6.45, 7) is 8.78. The molecule has 1 atom stereocenters. The zero-order valence-electron chi connectivity index (χ0n) is 21.8. The molecule has 1 unspecified atom stereocenters. The number of benzene rings is 1. The lowest BCUT2D eigenvalue weighted by Gasteiger charge is -2.20. The van der Waals surface area contributed by atoms with Crippen molar-refractivity contribution in [1.29, 1.82) is 0 Å². The second-order valence-corrected chi connectivity index (χ2v) is 10.2. The maximum atomic E-state index is 14.9. The van der Waals surface area contributed by atoms with Gasteiger partial charge in [0.05, 0.1) is 11.7 Å². The third-order valence-corrected chi connectivity index (χ3v) is 6.91. The van der Waals surface area contributed by atoms with Crippen LogP contribution in [0.2, 0.25) is 0 Å². The van der Waals surface area contributed by atoms with Crippen LogP contribution in [0.15, 0.2) is 36.7 Å². The normalized spacial score (nSPS) is 16.4. The number of likely N-dealkylation sites (tertiary alicyclic amines) is 1. The minimum absolute atomic E-state index is 0.00793. The van der Waals surface area contributed by atoms with Crippen LogP contribution in [0.25, 0.3) is 22.3 Å². The maximum Gasteiger partial charge on any atom is 0.229 e. The predicted molar refractivity (Wildman–Crippen MR) is 141 cm³/mol. The summed E-state index contributed by atoms with van der Waals surface area (Å²) < 4.78 is 31.7. The lowest BCUT2D eigenvalue weighted by atomic mass is 10.1. The van der Waals surface area contributed by atoms with E-state index in [2.05, 4.69) is 49.1 Å². The molecule has 194 valence electrons. The highest BCUT2D eigenvalue weighted by Gasteiger charge is 2.24. The van der Waals surface area contributed by atoms with E-state index in [0.29, 0.717) is 28.8 Å². The van der Waals surface area contributed by atoms with Crippen molar-refractivity contribution in [3.63, 3.8) is 0 Å². The number of aryl methyl sites for hydroxylation is 1. The number of anilines is 2. The van der Waals surface area contributed by atoms with Crippen LogP contribution in [0.1, 0.15) is 37.7 Å². The van der Waals surface area contributed by atoms with Crippen molar-refractivity contribution in [3.8, 4) is 11.3 Å². The van der Waals surface area contributed by atoms with Crippen LogP contribution in [0, 0.1) is 18.6 Å². The fraction of sp³-hybridized carbons (Fsp3) is 0.407. The Morgan fingerprint density at radius 2 is 1.89 bits per heavy atom. The summed E-state index contributed by atoms with van der Waals surface area (Å²) in [6.07, 6.45) is 4.08. The number of hydrogen-bond acceptors (Lipinski definition) is 7. The molecule has 0 spiro atoms. The largest absolute Gasteiger partial charge is 0.326 e. The highest BCUT2D eigenvalue weighted by Crippen LogP contribution is 2.30. The molecule has 4 aromatic rings. The Bertz CT molecular complexity index is 1410. The van der Waals surface area contributed by atoms with E-state index >= 15 is 0 Å². The average molecular weight is 507 g/mol. The van der Waals surface area contributed by atoms with E-state index in [4.69, 9.17) is 0 Å². The Balaban J connectivity index is 1.36. The number of aromatic nitrogens is 5. The number of imidazole rings is 1. The quantitative estimate of drug-likeness (QED) is 0.381. The molecule has 8 nitrogen and oxygen atoms in total. The zero-order valence-corrected chi connectivity index (χ0v) is 21.8. The second-order valence-electron chi connectivity index (χ2n) is 10.2. The zero-order chi connectivity index (χ0) is 26.3. The predicted octanol–water partition coefficient (Wildman–Crippen LogP) is 4.94. The van der Waals surface area contributed by atoms with E-state index in [-0.39, 0.29) is 23.2 Å². The lowest BCUT2D eigenvalue weighted by molar-refractivity contribution is 0.264. The molecule has 0 bridgehead atoms. The molecule has 10 heteroatoms. The molecule has 0 saturated carbocycles. The summed E-state index contributed by atoms with van der Waals surface area (Å²) in [6, 6.07) is 7.52. The third-order valence-electron chi connectivity index (χ3n) is 6.91. The van der Waals surface area contributed by atoms with Gasteiger partial charge in [0.2, 0.25) is 5.95 Å². The summed E-state index contributed by atoms with van der Waals surface area (Å²) >= 11 is 0. The molecular weight excluding hydrogens is 474 g/mol.